The Bertz CT molecular complexity index is 1550. The zero-order chi connectivity index (χ0) is 26.6. The number of hydrogen-bond donors (Lipinski definition) is 2. The number of fused-ring (bicyclic) bond motifs is 1. The summed E-state index contributed by atoms with van der Waals surface area (Å²) in [7, 11) is 0. The molecule has 0 saturated carbocycles. The van der Waals surface area contributed by atoms with Crippen molar-refractivity contribution in [1.82, 2.24) is 10.3 Å². The molecule has 190 valence electrons. The normalized spacial score (nSPS) is 14.8. The average molecular weight is 508 g/mol. The van der Waals surface area contributed by atoms with Gasteiger partial charge in [0.2, 0.25) is 6.17 Å². The Balaban J connectivity index is 1.58. The number of urea groups is 1. The number of hydrogen-bond acceptors (Lipinski definition) is 4. The Hall–Kier alpha value is -4.85. The fourth-order valence-electron chi connectivity index (χ4n) is 4.42. The maximum atomic E-state index is 15.0. The van der Waals surface area contributed by atoms with E-state index >= 15 is 4.39 Å². The fourth-order valence-corrected chi connectivity index (χ4v) is 4.42. The molecule has 0 bridgehead atoms. The molecule has 4 aromatic rings. The standard InChI is InChI=1S/C30H26FN5O2/c1-19-8-7-9-21(16-19)33-30(38)35-28-29(37)36(18-22-17-20(2)14-15-32-22)26-13-6-4-11-24(26)27(34-28)23-10-3-5-12-25(23)31/h3-17,28H,18H2,1-2H3,(H2,33,35,38)/t28-/m0/s1. The fraction of sp³-hybridized carbons (Fsp3) is 0.133. The van der Waals surface area contributed by atoms with Gasteiger partial charge in [-0.2, -0.15) is 0 Å². The summed E-state index contributed by atoms with van der Waals surface area (Å²) in [6.07, 6.45) is 0.372. The Morgan fingerprint density at radius 3 is 2.42 bits per heavy atom. The molecule has 0 radical (unpaired) electrons. The van der Waals surface area contributed by atoms with Crippen LogP contribution in [-0.4, -0.2) is 28.8 Å². The van der Waals surface area contributed by atoms with Gasteiger partial charge in [0.05, 0.1) is 23.6 Å². The van der Waals surface area contributed by atoms with Crippen LogP contribution in [0.15, 0.2) is 96.1 Å². The van der Waals surface area contributed by atoms with Crippen molar-refractivity contribution in [2.75, 3.05) is 10.2 Å². The molecule has 5 rings (SSSR count). The van der Waals surface area contributed by atoms with Crippen LogP contribution in [0.2, 0.25) is 0 Å². The van der Waals surface area contributed by atoms with Crippen LogP contribution >= 0.6 is 0 Å². The molecule has 1 atom stereocenters. The predicted octanol–water partition coefficient (Wildman–Crippen LogP) is 5.37. The molecule has 38 heavy (non-hydrogen) atoms. The topological polar surface area (TPSA) is 86.7 Å². The minimum Gasteiger partial charge on any atom is -0.308 e. The third-order valence-electron chi connectivity index (χ3n) is 6.17. The van der Waals surface area contributed by atoms with Gasteiger partial charge in [-0.3, -0.25) is 9.78 Å². The SMILES string of the molecule is Cc1cccc(NC(=O)N[C@@H]2N=C(c3ccccc3F)c3ccccc3N(Cc3cc(C)ccn3)C2=O)c1. The largest absolute Gasteiger partial charge is 0.321 e. The minimum atomic E-state index is -1.31. The van der Waals surface area contributed by atoms with Crippen LogP contribution in [0.1, 0.15) is 27.9 Å². The Morgan fingerprint density at radius 1 is 0.921 bits per heavy atom. The van der Waals surface area contributed by atoms with Crippen molar-refractivity contribution in [3.8, 4) is 0 Å². The first-order chi connectivity index (χ1) is 18.4. The zero-order valence-corrected chi connectivity index (χ0v) is 21.0. The van der Waals surface area contributed by atoms with Gasteiger partial charge in [-0.25, -0.2) is 14.2 Å². The molecule has 0 saturated heterocycles. The van der Waals surface area contributed by atoms with Gasteiger partial charge in [-0.1, -0.05) is 42.5 Å². The van der Waals surface area contributed by atoms with Crippen LogP contribution in [0, 0.1) is 19.7 Å². The molecular formula is C30H26FN5O2. The number of halogens is 1. The van der Waals surface area contributed by atoms with E-state index in [1.165, 1.54) is 11.0 Å². The van der Waals surface area contributed by atoms with E-state index in [2.05, 4.69) is 20.6 Å². The number of para-hydroxylation sites is 1. The summed E-state index contributed by atoms with van der Waals surface area (Å²) in [6.45, 7) is 4.01. The summed E-state index contributed by atoms with van der Waals surface area (Å²) in [4.78, 5) is 37.5. The zero-order valence-electron chi connectivity index (χ0n) is 21.0. The van der Waals surface area contributed by atoms with E-state index in [4.69, 9.17) is 0 Å². The van der Waals surface area contributed by atoms with Gasteiger partial charge >= 0.3 is 6.03 Å². The van der Waals surface area contributed by atoms with Crippen molar-refractivity contribution in [2.24, 2.45) is 4.99 Å². The number of aliphatic imine (C=N–C) groups is 1. The van der Waals surface area contributed by atoms with Crippen LogP contribution in [0.3, 0.4) is 0 Å². The van der Waals surface area contributed by atoms with Crippen LogP contribution in [0.4, 0.5) is 20.6 Å². The van der Waals surface area contributed by atoms with Gasteiger partial charge in [0.25, 0.3) is 5.91 Å². The molecule has 3 amide bonds. The number of aromatic nitrogens is 1. The Labute approximate surface area is 220 Å². The highest BCUT2D eigenvalue weighted by Gasteiger charge is 2.34. The highest BCUT2D eigenvalue weighted by molar-refractivity contribution is 6.20. The first-order valence-electron chi connectivity index (χ1n) is 12.2. The van der Waals surface area contributed by atoms with Crippen LogP contribution in [-0.2, 0) is 11.3 Å². The first kappa shape index (κ1) is 24.8. The molecule has 8 heteroatoms. The van der Waals surface area contributed by atoms with Gasteiger partial charge in [0.15, 0.2) is 0 Å². The second-order valence-electron chi connectivity index (χ2n) is 9.09. The van der Waals surface area contributed by atoms with Gasteiger partial charge < -0.3 is 15.5 Å². The highest BCUT2D eigenvalue weighted by atomic mass is 19.1. The van der Waals surface area contributed by atoms with E-state index in [0.29, 0.717) is 22.6 Å². The Morgan fingerprint density at radius 2 is 1.66 bits per heavy atom. The molecule has 0 aliphatic carbocycles. The molecular weight excluding hydrogens is 481 g/mol. The number of nitrogens with one attached hydrogen (secondary N) is 2. The van der Waals surface area contributed by atoms with E-state index in [1.54, 1.807) is 54.7 Å². The quantitative estimate of drug-likeness (QED) is 0.381. The lowest BCUT2D eigenvalue weighted by molar-refractivity contribution is -0.120. The lowest BCUT2D eigenvalue weighted by Gasteiger charge is -2.25. The number of benzodiazepines with no additional fused rings is 1. The van der Waals surface area contributed by atoms with Gasteiger partial charge in [-0.05, 0) is 67.4 Å². The number of benzene rings is 3. The number of aryl methyl sites for hydroxylation is 2. The summed E-state index contributed by atoms with van der Waals surface area (Å²) in [6, 6.07) is 23.9. The third kappa shape index (κ3) is 5.29. The van der Waals surface area contributed by atoms with Crippen LogP contribution < -0.4 is 15.5 Å². The Kier molecular flexibility index (Phi) is 6.95. The van der Waals surface area contributed by atoms with Crippen LogP contribution in [0.25, 0.3) is 0 Å². The summed E-state index contributed by atoms with van der Waals surface area (Å²) in [5.74, 6) is -0.947. The maximum absolute atomic E-state index is 15.0. The molecule has 2 N–H and O–H groups in total. The van der Waals surface area contributed by atoms with E-state index in [1.807, 2.05) is 44.2 Å². The highest BCUT2D eigenvalue weighted by Crippen LogP contribution is 2.30. The number of carbonyl (C=O) groups is 2. The van der Waals surface area contributed by atoms with Crippen molar-refractivity contribution in [3.63, 3.8) is 0 Å². The van der Waals surface area contributed by atoms with Crippen LogP contribution in [0.5, 0.6) is 0 Å². The average Bonchev–Trinajstić information content (AvgIpc) is 3.00. The lowest BCUT2D eigenvalue weighted by Crippen LogP contribution is -2.48. The first-order valence-corrected chi connectivity index (χ1v) is 12.2. The van der Waals surface area contributed by atoms with Crippen molar-refractivity contribution in [1.29, 1.82) is 0 Å². The van der Waals surface area contributed by atoms with E-state index in [-0.39, 0.29) is 17.8 Å². The van der Waals surface area contributed by atoms with Crippen molar-refractivity contribution in [2.45, 2.75) is 26.6 Å². The summed E-state index contributed by atoms with van der Waals surface area (Å²) in [5, 5.41) is 5.44. The summed E-state index contributed by atoms with van der Waals surface area (Å²) >= 11 is 0. The third-order valence-corrected chi connectivity index (χ3v) is 6.17. The van der Waals surface area contributed by atoms with E-state index in [9.17, 15) is 9.59 Å². The molecule has 0 unspecified atom stereocenters. The minimum absolute atomic E-state index is 0.148. The van der Waals surface area contributed by atoms with E-state index in [0.717, 1.165) is 11.1 Å². The maximum Gasteiger partial charge on any atom is 0.321 e. The van der Waals surface area contributed by atoms with Gasteiger partial charge in [-0.15, -0.1) is 0 Å². The molecule has 1 aromatic heterocycles. The van der Waals surface area contributed by atoms with Gasteiger partial charge in [0, 0.05) is 23.0 Å². The molecule has 0 spiro atoms. The number of amides is 3. The molecule has 1 aliphatic rings. The predicted molar refractivity (Wildman–Crippen MR) is 146 cm³/mol. The van der Waals surface area contributed by atoms with Crippen molar-refractivity contribution in [3.05, 3.63) is 125 Å². The molecule has 0 fully saturated rings. The second-order valence-corrected chi connectivity index (χ2v) is 9.09. The number of pyridine rings is 1. The monoisotopic (exact) mass is 507 g/mol. The second kappa shape index (κ2) is 10.6. The molecule has 3 aromatic carbocycles. The number of nitrogens with zero attached hydrogens (tertiary/aromatic N) is 3. The molecule has 1 aliphatic heterocycles. The van der Waals surface area contributed by atoms with Crippen molar-refractivity contribution >= 4 is 29.0 Å². The number of carbonyl (C=O) groups excluding carboxylic acids is 2. The van der Waals surface area contributed by atoms with E-state index < -0.39 is 23.9 Å². The molecule has 2 heterocycles. The van der Waals surface area contributed by atoms with Crippen molar-refractivity contribution < 1.29 is 14.0 Å². The summed E-state index contributed by atoms with van der Waals surface area (Å²) in [5.41, 5.74) is 4.84. The smallest absolute Gasteiger partial charge is 0.308 e. The lowest BCUT2D eigenvalue weighted by atomic mass is 9.99. The molecule has 7 nitrogen and oxygen atoms in total. The number of rotatable bonds is 5. The summed E-state index contributed by atoms with van der Waals surface area (Å²) < 4.78 is 15.0. The van der Waals surface area contributed by atoms with Gasteiger partial charge in [0.1, 0.15) is 5.82 Å². The number of anilines is 2.